The first-order chi connectivity index (χ1) is 18.7. The molecule has 2 aliphatic heterocycles. The van der Waals surface area contributed by atoms with E-state index in [1.807, 2.05) is 0 Å². The van der Waals surface area contributed by atoms with E-state index in [0.717, 1.165) is 12.1 Å². The smallest absolute Gasteiger partial charge is 0.350 e. The van der Waals surface area contributed by atoms with Crippen molar-refractivity contribution in [2.24, 2.45) is 0 Å². The van der Waals surface area contributed by atoms with Gasteiger partial charge >= 0.3 is 6.18 Å². The van der Waals surface area contributed by atoms with Crippen LogP contribution in [0.15, 0.2) is 42.5 Å². The Kier molecular flexibility index (Phi) is 6.89. The monoisotopic (exact) mass is 586 g/mol. The first-order valence-electron chi connectivity index (χ1n) is 11.8. The number of hydrogen-bond acceptors (Lipinski definition) is 4. The van der Waals surface area contributed by atoms with Gasteiger partial charge in [0, 0.05) is 40.7 Å². The third-order valence-electron chi connectivity index (χ3n) is 6.55. The quantitative estimate of drug-likeness (QED) is 0.349. The largest absolute Gasteiger partial charge is 0.416 e. The number of nitrogens with zero attached hydrogens (tertiary/aromatic N) is 2. The molecule has 0 radical (unpaired) electrons. The first-order valence-corrected chi connectivity index (χ1v) is 12.2. The zero-order chi connectivity index (χ0) is 29.0. The van der Waals surface area contributed by atoms with Crippen LogP contribution in [-0.4, -0.2) is 35.8 Å². The maximum absolute atomic E-state index is 14.2. The van der Waals surface area contributed by atoms with Crippen LogP contribution in [0, 0.1) is 11.6 Å². The van der Waals surface area contributed by atoms with Gasteiger partial charge < -0.3 is 15.5 Å². The highest BCUT2D eigenvalue weighted by molar-refractivity contribution is 6.31. The number of pyridine rings is 1. The second kappa shape index (κ2) is 9.95. The van der Waals surface area contributed by atoms with Crippen molar-refractivity contribution in [1.29, 1.82) is 0 Å². The number of halogens is 8. The first kappa shape index (κ1) is 27.7. The highest BCUT2D eigenvalue weighted by Gasteiger charge is 2.40. The van der Waals surface area contributed by atoms with Crippen LogP contribution in [0.25, 0.3) is 0 Å². The van der Waals surface area contributed by atoms with Gasteiger partial charge in [-0.2, -0.15) is 13.2 Å². The molecule has 2 aromatic carbocycles. The summed E-state index contributed by atoms with van der Waals surface area (Å²) in [6.07, 6.45) is -5.21. The number of nitrogens with one attached hydrogen (secondary N) is 2. The molecular weight excluding hydrogens is 569 g/mol. The molecule has 0 saturated carbocycles. The van der Waals surface area contributed by atoms with Crippen molar-refractivity contribution in [3.8, 4) is 0 Å². The van der Waals surface area contributed by atoms with Crippen LogP contribution in [0.2, 0.25) is 5.02 Å². The molecule has 40 heavy (non-hydrogen) atoms. The van der Waals surface area contributed by atoms with E-state index in [1.54, 1.807) is 0 Å². The molecule has 1 saturated heterocycles. The van der Waals surface area contributed by atoms with Gasteiger partial charge in [0.1, 0.15) is 23.1 Å². The van der Waals surface area contributed by atoms with Gasteiger partial charge in [-0.05, 0) is 42.8 Å². The van der Waals surface area contributed by atoms with E-state index in [-0.39, 0.29) is 58.8 Å². The molecule has 1 atom stereocenters. The van der Waals surface area contributed by atoms with Crippen molar-refractivity contribution in [3.63, 3.8) is 0 Å². The average Bonchev–Trinajstić information content (AvgIpc) is 3.20. The highest BCUT2D eigenvalue weighted by Crippen LogP contribution is 2.41. The standard InChI is InChI=1S/C26H18ClF7N4O2/c27-17-3-2-14(28)9-16(17)21-20-18(35-23(39)12-6-13(26(32,33)34)8-15(29)7-12)10-19(36-22(20)24(40)37-21)38-5-1-4-25(30,31)11-38/h2-3,6-10,21H,1,4-5,11H2,(H,37,40)(H,35,36,39). The molecule has 6 nitrogen and oxygen atoms in total. The molecule has 1 aromatic heterocycles. The Bertz CT molecular complexity index is 1530. The van der Waals surface area contributed by atoms with E-state index < -0.39 is 59.3 Å². The average molecular weight is 587 g/mol. The number of piperidine rings is 1. The number of fused-ring (bicyclic) bond motifs is 1. The van der Waals surface area contributed by atoms with Gasteiger partial charge in [0.25, 0.3) is 17.7 Å². The third-order valence-corrected chi connectivity index (χ3v) is 6.89. The molecule has 5 rings (SSSR count). The molecule has 3 aromatic rings. The molecule has 2 aliphatic rings. The molecule has 0 spiro atoms. The van der Waals surface area contributed by atoms with E-state index in [0.29, 0.717) is 12.1 Å². The van der Waals surface area contributed by atoms with E-state index >= 15 is 0 Å². The Morgan fingerprint density at radius 1 is 1.10 bits per heavy atom. The summed E-state index contributed by atoms with van der Waals surface area (Å²) in [7, 11) is 0. The summed E-state index contributed by atoms with van der Waals surface area (Å²) in [5, 5.41) is 4.96. The second-order valence-corrected chi connectivity index (χ2v) is 9.83. The Balaban J connectivity index is 1.63. The predicted molar refractivity (Wildman–Crippen MR) is 131 cm³/mol. The normalized spacial score (nSPS) is 18.4. The van der Waals surface area contributed by atoms with Crippen LogP contribution in [-0.2, 0) is 6.18 Å². The second-order valence-electron chi connectivity index (χ2n) is 9.42. The summed E-state index contributed by atoms with van der Waals surface area (Å²) < 4.78 is 96.1. The fourth-order valence-corrected chi connectivity index (χ4v) is 4.98. The summed E-state index contributed by atoms with van der Waals surface area (Å²) in [6, 6.07) is 4.61. The summed E-state index contributed by atoms with van der Waals surface area (Å²) in [5.74, 6) is -7.16. The molecule has 0 aliphatic carbocycles. The van der Waals surface area contributed by atoms with Gasteiger partial charge in [-0.3, -0.25) is 9.59 Å². The molecule has 3 heterocycles. The van der Waals surface area contributed by atoms with Crippen LogP contribution in [0.1, 0.15) is 56.4 Å². The van der Waals surface area contributed by atoms with Crippen molar-refractivity contribution in [2.45, 2.75) is 31.0 Å². The van der Waals surface area contributed by atoms with Crippen molar-refractivity contribution in [3.05, 3.63) is 87.1 Å². The predicted octanol–water partition coefficient (Wildman–Crippen LogP) is 6.35. The van der Waals surface area contributed by atoms with Gasteiger partial charge in [0.05, 0.1) is 23.8 Å². The lowest BCUT2D eigenvalue weighted by molar-refractivity contribution is -0.137. The number of carbonyl (C=O) groups is 2. The zero-order valence-corrected chi connectivity index (χ0v) is 20.9. The number of amides is 2. The summed E-state index contributed by atoms with van der Waals surface area (Å²) in [5.41, 5.74) is -2.53. The number of carbonyl (C=O) groups excluding carboxylic acids is 2. The van der Waals surface area contributed by atoms with E-state index in [9.17, 15) is 40.3 Å². The minimum Gasteiger partial charge on any atom is -0.350 e. The lowest BCUT2D eigenvalue weighted by Gasteiger charge is -2.33. The number of hydrogen-bond donors (Lipinski definition) is 2. The number of alkyl halides is 5. The topological polar surface area (TPSA) is 74.3 Å². The Labute approximate surface area is 227 Å². The molecule has 1 unspecified atom stereocenters. The zero-order valence-electron chi connectivity index (χ0n) is 20.2. The number of anilines is 2. The highest BCUT2D eigenvalue weighted by atomic mass is 35.5. The Morgan fingerprint density at radius 2 is 1.85 bits per heavy atom. The lowest BCUT2D eigenvalue weighted by Crippen LogP contribution is -2.43. The van der Waals surface area contributed by atoms with Crippen molar-refractivity contribution >= 4 is 34.9 Å². The van der Waals surface area contributed by atoms with E-state index in [4.69, 9.17) is 11.6 Å². The minimum atomic E-state index is -4.95. The van der Waals surface area contributed by atoms with Crippen LogP contribution < -0.4 is 15.5 Å². The molecule has 2 amide bonds. The van der Waals surface area contributed by atoms with Crippen LogP contribution >= 0.6 is 11.6 Å². The number of aromatic nitrogens is 1. The Hall–Kier alpha value is -3.87. The van der Waals surface area contributed by atoms with Crippen LogP contribution in [0.5, 0.6) is 0 Å². The summed E-state index contributed by atoms with van der Waals surface area (Å²) >= 11 is 6.24. The Morgan fingerprint density at radius 3 is 2.55 bits per heavy atom. The van der Waals surface area contributed by atoms with Crippen LogP contribution in [0.3, 0.4) is 0 Å². The SMILES string of the molecule is O=C(Nc1cc(N2CCCC(F)(F)C2)nc2c1C(c1cc(F)ccc1Cl)NC2=O)c1cc(F)cc(C(F)(F)F)c1. The molecule has 1 fully saturated rings. The van der Waals surface area contributed by atoms with E-state index in [2.05, 4.69) is 15.6 Å². The summed E-state index contributed by atoms with van der Waals surface area (Å²) in [6.45, 7) is -0.583. The van der Waals surface area contributed by atoms with Crippen molar-refractivity contribution in [2.75, 3.05) is 23.3 Å². The maximum atomic E-state index is 14.2. The molecule has 0 bridgehead atoms. The van der Waals surface area contributed by atoms with Crippen molar-refractivity contribution < 1.29 is 40.3 Å². The molecule has 210 valence electrons. The minimum absolute atomic E-state index is 0.0224. The molecule has 2 N–H and O–H groups in total. The van der Waals surface area contributed by atoms with Crippen LogP contribution in [0.4, 0.5) is 42.2 Å². The number of rotatable bonds is 4. The van der Waals surface area contributed by atoms with Gasteiger partial charge in [0.15, 0.2) is 0 Å². The third kappa shape index (κ3) is 5.42. The van der Waals surface area contributed by atoms with Gasteiger partial charge in [-0.1, -0.05) is 11.6 Å². The fourth-order valence-electron chi connectivity index (χ4n) is 4.75. The summed E-state index contributed by atoms with van der Waals surface area (Å²) in [4.78, 5) is 31.5. The number of benzene rings is 2. The molecular formula is C26H18ClF7N4O2. The van der Waals surface area contributed by atoms with Gasteiger partial charge in [-0.25, -0.2) is 22.5 Å². The maximum Gasteiger partial charge on any atom is 0.416 e. The fraction of sp³-hybridized carbons (Fsp3) is 0.269. The van der Waals surface area contributed by atoms with Gasteiger partial charge in [0.2, 0.25) is 0 Å². The molecule has 14 heteroatoms. The van der Waals surface area contributed by atoms with Gasteiger partial charge in [-0.15, -0.1) is 0 Å². The van der Waals surface area contributed by atoms with Crippen molar-refractivity contribution in [1.82, 2.24) is 10.3 Å². The van der Waals surface area contributed by atoms with E-state index in [1.165, 1.54) is 17.0 Å². The lowest BCUT2D eigenvalue weighted by atomic mass is 9.98.